The molecule has 1 aliphatic heterocycles. The number of aromatic nitrogens is 3. The van der Waals surface area contributed by atoms with Crippen molar-refractivity contribution in [2.45, 2.75) is 19.9 Å². The zero-order chi connectivity index (χ0) is 17.1. The molecule has 2 amide bonds. The molecule has 8 nitrogen and oxygen atoms in total. The molecule has 1 fully saturated rings. The third kappa shape index (κ3) is 3.43. The average molecular weight is 329 g/mol. The second kappa shape index (κ2) is 6.79. The maximum Gasteiger partial charge on any atom is 0.254 e. The zero-order valence-corrected chi connectivity index (χ0v) is 13.6. The summed E-state index contributed by atoms with van der Waals surface area (Å²) >= 11 is 0. The molecule has 0 bridgehead atoms. The van der Waals surface area contributed by atoms with Gasteiger partial charge in [0.2, 0.25) is 5.91 Å². The highest BCUT2D eigenvalue weighted by atomic mass is 16.5. The number of anilines is 1. The highest BCUT2D eigenvalue weighted by molar-refractivity contribution is 5.96. The van der Waals surface area contributed by atoms with Crippen LogP contribution < -0.4 is 5.32 Å². The first-order valence-corrected chi connectivity index (χ1v) is 7.68. The Morgan fingerprint density at radius 2 is 2.25 bits per heavy atom. The molecular formula is C16H19N5O3. The fraction of sp³-hybridized carbons (Fsp3) is 0.375. The lowest BCUT2D eigenvalue weighted by Crippen LogP contribution is -2.43. The zero-order valence-electron chi connectivity index (χ0n) is 13.6. The number of nitrogens with zero attached hydrogens (tertiary/aromatic N) is 3. The topological polar surface area (TPSA) is 100 Å². The van der Waals surface area contributed by atoms with E-state index in [1.165, 1.54) is 13.1 Å². The standard InChI is InChI=1S/C16H19N5O3/c1-10-8-18-15(19-10)13-9-24-6-5-21(13)16(23)12-3-4-17-14(7-12)20-11(2)22/h3-4,7-8,13H,5-6,9H2,1-2H3,(H,18,19)(H,17,20,22)/t13-/m1/s1. The number of hydrogen-bond donors (Lipinski definition) is 2. The van der Waals surface area contributed by atoms with Crippen LogP contribution in [0.25, 0.3) is 0 Å². The minimum atomic E-state index is -0.266. The maximum absolute atomic E-state index is 12.9. The Hall–Kier alpha value is -2.74. The van der Waals surface area contributed by atoms with Gasteiger partial charge in [0, 0.05) is 37.1 Å². The van der Waals surface area contributed by atoms with Gasteiger partial charge in [0.1, 0.15) is 17.7 Å². The van der Waals surface area contributed by atoms with E-state index in [-0.39, 0.29) is 17.9 Å². The summed E-state index contributed by atoms with van der Waals surface area (Å²) in [6.45, 7) is 4.65. The second-order valence-electron chi connectivity index (χ2n) is 5.65. The van der Waals surface area contributed by atoms with Crippen molar-refractivity contribution in [1.29, 1.82) is 0 Å². The van der Waals surface area contributed by atoms with Gasteiger partial charge < -0.3 is 19.9 Å². The number of nitrogens with one attached hydrogen (secondary N) is 2. The largest absolute Gasteiger partial charge is 0.377 e. The Labute approximate surface area is 139 Å². The molecule has 3 heterocycles. The van der Waals surface area contributed by atoms with E-state index < -0.39 is 0 Å². The molecule has 0 unspecified atom stereocenters. The van der Waals surface area contributed by atoms with Gasteiger partial charge in [-0.3, -0.25) is 9.59 Å². The fourth-order valence-corrected chi connectivity index (χ4v) is 2.65. The van der Waals surface area contributed by atoms with Crippen LogP contribution in [-0.2, 0) is 9.53 Å². The highest BCUT2D eigenvalue weighted by Gasteiger charge is 2.31. The third-order valence-electron chi connectivity index (χ3n) is 3.74. The molecule has 0 radical (unpaired) electrons. The SMILES string of the molecule is CC(=O)Nc1cc(C(=O)N2CCOC[C@@H]2c2ncc(C)[nH]2)ccn1. The quantitative estimate of drug-likeness (QED) is 0.883. The van der Waals surface area contributed by atoms with E-state index in [4.69, 9.17) is 4.74 Å². The molecule has 3 rings (SSSR count). The van der Waals surface area contributed by atoms with E-state index in [0.717, 1.165) is 5.69 Å². The molecule has 0 saturated carbocycles. The molecule has 2 N–H and O–H groups in total. The fourth-order valence-electron chi connectivity index (χ4n) is 2.65. The molecule has 1 atom stereocenters. The number of rotatable bonds is 3. The molecular weight excluding hydrogens is 310 g/mol. The predicted octanol–water partition coefficient (Wildman–Crippen LogP) is 1.29. The molecule has 0 spiro atoms. The van der Waals surface area contributed by atoms with Crippen molar-refractivity contribution in [3.8, 4) is 0 Å². The number of aromatic amines is 1. The summed E-state index contributed by atoms with van der Waals surface area (Å²) in [6.07, 6.45) is 3.24. The van der Waals surface area contributed by atoms with Gasteiger partial charge >= 0.3 is 0 Å². The van der Waals surface area contributed by atoms with Crippen molar-refractivity contribution in [2.24, 2.45) is 0 Å². The summed E-state index contributed by atoms with van der Waals surface area (Å²) in [7, 11) is 0. The number of carbonyl (C=O) groups excluding carboxylic acids is 2. The Bertz CT molecular complexity index is 758. The third-order valence-corrected chi connectivity index (χ3v) is 3.74. The molecule has 1 aliphatic rings. The number of aryl methyl sites for hydroxylation is 1. The number of H-pyrrole nitrogens is 1. The van der Waals surface area contributed by atoms with Crippen LogP contribution >= 0.6 is 0 Å². The number of ether oxygens (including phenoxy) is 1. The first-order chi connectivity index (χ1) is 11.5. The molecule has 1 saturated heterocycles. The Balaban J connectivity index is 1.85. The molecule has 0 aromatic carbocycles. The maximum atomic E-state index is 12.9. The predicted molar refractivity (Wildman–Crippen MR) is 86.5 cm³/mol. The summed E-state index contributed by atoms with van der Waals surface area (Å²) in [6, 6.07) is 2.94. The highest BCUT2D eigenvalue weighted by Crippen LogP contribution is 2.24. The molecule has 0 aliphatic carbocycles. The van der Waals surface area contributed by atoms with Crippen LogP contribution in [0, 0.1) is 6.92 Å². The summed E-state index contributed by atoms with van der Waals surface area (Å²) in [4.78, 5) is 37.3. The number of amides is 2. The van der Waals surface area contributed by atoms with Crippen molar-refractivity contribution >= 4 is 17.6 Å². The van der Waals surface area contributed by atoms with Crippen molar-refractivity contribution in [2.75, 3.05) is 25.1 Å². The van der Waals surface area contributed by atoms with Crippen LogP contribution in [0.5, 0.6) is 0 Å². The van der Waals surface area contributed by atoms with Crippen LogP contribution in [0.15, 0.2) is 24.5 Å². The van der Waals surface area contributed by atoms with E-state index in [0.29, 0.717) is 37.0 Å². The number of hydrogen-bond acceptors (Lipinski definition) is 5. The summed E-state index contributed by atoms with van der Waals surface area (Å²) < 4.78 is 5.52. The van der Waals surface area contributed by atoms with Gasteiger partial charge in [0.05, 0.1) is 13.2 Å². The number of pyridine rings is 1. The van der Waals surface area contributed by atoms with Crippen LogP contribution in [0.4, 0.5) is 5.82 Å². The second-order valence-corrected chi connectivity index (χ2v) is 5.65. The first-order valence-electron chi connectivity index (χ1n) is 7.68. The van der Waals surface area contributed by atoms with Crippen molar-refractivity contribution in [1.82, 2.24) is 19.9 Å². The van der Waals surface area contributed by atoms with Crippen molar-refractivity contribution < 1.29 is 14.3 Å². The number of carbonyl (C=O) groups is 2. The van der Waals surface area contributed by atoms with E-state index >= 15 is 0 Å². The number of morpholine rings is 1. The summed E-state index contributed by atoms with van der Waals surface area (Å²) in [5.74, 6) is 0.678. The molecule has 24 heavy (non-hydrogen) atoms. The lowest BCUT2D eigenvalue weighted by Gasteiger charge is -2.34. The monoisotopic (exact) mass is 329 g/mol. The summed E-state index contributed by atoms with van der Waals surface area (Å²) in [5.41, 5.74) is 1.39. The van der Waals surface area contributed by atoms with Crippen LogP contribution in [0.2, 0.25) is 0 Å². The number of imidazole rings is 1. The Morgan fingerprint density at radius 1 is 1.42 bits per heavy atom. The van der Waals surface area contributed by atoms with E-state index in [1.807, 2.05) is 6.92 Å². The smallest absolute Gasteiger partial charge is 0.254 e. The Kier molecular flexibility index (Phi) is 4.57. The van der Waals surface area contributed by atoms with Gasteiger partial charge in [-0.05, 0) is 19.1 Å². The van der Waals surface area contributed by atoms with Crippen LogP contribution in [0.3, 0.4) is 0 Å². The molecule has 8 heteroatoms. The van der Waals surface area contributed by atoms with Crippen LogP contribution in [-0.4, -0.2) is 51.4 Å². The average Bonchev–Trinajstić information content (AvgIpc) is 3.00. The molecule has 126 valence electrons. The normalized spacial score (nSPS) is 17.6. The lowest BCUT2D eigenvalue weighted by atomic mass is 10.1. The van der Waals surface area contributed by atoms with Gasteiger partial charge in [-0.25, -0.2) is 9.97 Å². The minimum absolute atomic E-state index is 0.147. The van der Waals surface area contributed by atoms with Gasteiger partial charge in [-0.2, -0.15) is 0 Å². The molecule has 2 aromatic rings. The van der Waals surface area contributed by atoms with Crippen molar-refractivity contribution in [3.63, 3.8) is 0 Å². The van der Waals surface area contributed by atoms with E-state index in [1.54, 1.807) is 23.2 Å². The Morgan fingerprint density at radius 3 is 2.96 bits per heavy atom. The molecule has 2 aromatic heterocycles. The summed E-state index contributed by atoms with van der Waals surface area (Å²) in [5, 5.41) is 2.59. The van der Waals surface area contributed by atoms with Gasteiger partial charge in [0.15, 0.2) is 0 Å². The minimum Gasteiger partial charge on any atom is -0.377 e. The van der Waals surface area contributed by atoms with Crippen LogP contribution in [0.1, 0.15) is 34.8 Å². The van der Waals surface area contributed by atoms with E-state index in [2.05, 4.69) is 20.3 Å². The first kappa shape index (κ1) is 16.1. The lowest BCUT2D eigenvalue weighted by molar-refractivity contribution is -0.114. The van der Waals surface area contributed by atoms with Gasteiger partial charge in [-0.15, -0.1) is 0 Å². The van der Waals surface area contributed by atoms with Gasteiger partial charge in [0.25, 0.3) is 5.91 Å². The van der Waals surface area contributed by atoms with Crippen molar-refractivity contribution in [3.05, 3.63) is 41.6 Å². The van der Waals surface area contributed by atoms with Gasteiger partial charge in [-0.1, -0.05) is 0 Å². The van der Waals surface area contributed by atoms with E-state index in [9.17, 15) is 9.59 Å².